The highest BCUT2D eigenvalue weighted by atomic mass is 16.4. The number of fused-ring (bicyclic) bond motifs is 1. The lowest BCUT2D eigenvalue weighted by atomic mass is 9.95. The number of amides is 1. The SMILES string of the molecule is CCCCc1nc2cc(NC(=O)CCC)ccc2n1-c1ccc(-c2ccccc2C(=O)O)c(C)c1. The summed E-state index contributed by atoms with van der Waals surface area (Å²) in [5.74, 6) is 0.0377. The number of nitrogens with one attached hydrogen (secondary N) is 1. The van der Waals surface area contributed by atoms with Crippen LogP contribution in [-0.2, 0) is 11.2 Å². The van der Waals surface area contributed by atoms with Crippen LogP contribution in [0.15, 0.2) is 60.7 Å². The van der Waals surface area contributed by atoms with Crippen LogP contribution in [0.2, 0.25) is 0 Å². The van der Waals surface area contributed by atoms with E-state index in [-0.39, 0.29) is 11.5 Å². The van der Waals surface area contributed by atoms with E-state index in [0.29, 0.717) is 12.0 Å². The van der Waals surface area contributed by atoms with Crippen LogP contribution in [0.1, 0.15) is 61.3 Å². The Bertz CT molecular complexity index is 1390. The van der Waals surface area contributed by atoms with Crippen molar-refractivity contribution in [3.63, 3.8) is 0 Å². The van der Waals surface area contributed by atoms with E-state index in [1.807, 2.05) is 56.3 Å². The predicted octanol–water partition coefficient (Wildman–Crippen LogP) is 6.78. The van der Waals surface area contributed by atoms with Crippen LogP contribution < -0.4 is 5.32 Å². The Morgan fingerprint density at radius 2 is 1.77 bits per heavy atom. The van der Waals surface area contributed by atoms with Crippen molar-refractivity contribution in [3.05, 3.63) is 77.6 Å². The number of imidazole rings is 1. The molecule has 0 aliphatic heterocycles. The van der Waals surface area contributed by atoms with Crippen LogP contribution in [0.25, 0.3) is 27.8 Å². The average molecular weight is 470 g/mol. The van der Waals surface area contributed by atoms with Gasteiger partial charge in [0, 0.05) is 24.2 Å². The number of hydrogen-bond donors (Lipinski definition) is 2. The van der Waals surface area contributed by atoms with Gasteiger partial charge in [0.15, 0.2) is 0 Å². The molecular weight excluding hydrogens is 438 g/mol. The molecule has 0 unspecified atom stereocenters. The Morgan fingerprint density at radius 1 is 0.971 bits per heavy atom. The molecule has 0 saturated carbocycles. The molecule has 4 rings (SSSR count). The third-order valence-electron chi connectivity index (χ3n) is 6.15. The fourth-order valence-corrected chi connectivity index (χ4v) is 4.44. The van der Waals surface area contributed by atoms with Gasteiger partial charge in [-0.2, -0.15) is 0 Å². The van der Waals surface area contributed by atoms with E-state index in [2.05, 4.69) is 22.9 Å². The van der Waals surface area contributed by atoms with Gasteiger partial charge in [-0.25, -0.2) is 9.78 Å². The van der Waals surface area contributed by atoms with Crippen molar-refractivity contribution in [1.29, 1.82) is 0 Å². The molecule has 1 heterocycles. The minimum absolute atomic E-state index is 0.00495. The number of benzene rings is 3. The van der Waals surface area contributed by atoms with Gasteiger partial charge in [-0.15, -0.1) is 0 Å². The van der Waals surface area contributed by atoms with Crippen molar-refractivity contribution >= 4 is 28.6 Å². The second-order valence-corrected chi connectivity index (χ2v) is 8.82. The van der Waals surface area contributed by atoms with E-state index in [0.717, 1.165) is 65.0 Å². The lowest BCUT2D eigenvalue weighted by molar-refractivity contribution is -0.116. The molecule has 35 heavy (non-hydrogen) atoms. The molecule has 0 spiro atoms. The Morgan fingerprint density at radius 3 is 2.49 bits per heavy atom. The largest absolute Gasteiger partial charge is 0.478 e. The van der Waals surface area contributed by atoms with Crippen molar-refractivity contribution in [3.8, 4) is 16.8 Å². The minimum Gasteiger partial charge on any atom is -0.478 e. The Hall–Kier alpha value is -3.93. The highest BCUT2D eigenvalue weighted by Gasteiger charge is 2.17. The van der Waals surface area contributed by atoms with Gasteiger partial charge in [0.05, 0.1) is 16.6 Å². The molecule has 0 fully saturated rings. The molecule has 4 aromatic rings. The predicted molar refractivity (Wildman–Crippen MR) is 140 cm³/mol. The third kappa shape index (κ3) is 5.11. The number of carbonyl (C=O) groups is 2. The van der Waals surface area contributed by atoms with E-state index in [9.17, 15) is 14.7 Å². The van der Waals surface area contributed by atoms with Gasteiger partial charge in [0.25, 0.3) is 0 Å². The summed E-state index contributed by atoms with van der Waals surface area (Å²) in [5.41, 5.74) is 6.42. The van der Waals surface area contributed by atoms with E-state index in [1.54, 1.807) is 12.1 Å². The molecule has 6 heteroatoms. The normalized spacial score (nSPS) is 11.1. The van der Waals surface area contributed by atoms with E-state index in [1.165, 1.54) is 0 Å². The summed E-state index contributed by atoms with van der Waals surface area (Å²) in [6.07, 6.45) is 4.21. The van der Waals surface area contributed by atoms with Gasteiger partial charge >= 0.3 is 5.97 Å². The number of unbranched alkanes of at least 4 members (excludes halogenated alkanes) is 1. The van der Waals surface area contributed by atoms with Gasteiger partial charge < -0.3 is 10.4 Å². The third-order valence-corrected chi connectivity index (χ3v) is 6.15. The molecule has 1 aromatic heterocycles. The minimum atomic E-state index is -0.937. The zero-order valence-electron chi connectivity index (χ0n) is 20.5. The van der Waals surface area contributed by atoms with Gasteiger partial charge in [0.2, 0.25) is 5.91 Å². The van der Waals surface area contributed by atoms with Gasteiger partial charge in [-0.3, -0.25) is 9.36 Å². The lowest BCUT2D eigenvalue weighted by Gasteiger charge is -2.14. The van der Waals surface area contributed by atoms with E-state index >= 15 is 0 Å². The van der Waals surface area contributed by atoms with Crippen molar-refractivity contribution in [2.45, 2.75) is 52.9 Å². The molecule has 180 valence electrons. The van der Waals surface area contributed by atoms with Crippen LogP contribution in [0, 0.1) is 6.92 Å². The first-order chi connectivity index (χ1) is 16.9. The van der Waals surface area contributed by atoms with E-state index in [4.69, 9.17) is 4.98 Å². The maximum atomic E-state index is 12.1. The van der Waals surface area contributed by atoms with Gasteiger partial charge in [-0.1, -0.05) is 44.5 Å². The molecular formula is C29H31N3O3. The zero-order chi connectivity index (χ0) is 24.9. The first-order valence-electron chi connectivity index (χ1n) is 12.2. The molecule has 0 aliphatic rings. The number of aromatic nitrogens is 2. The highest BCUT2D eigenvalue weighted by molar-refractivity contribution is 5.97. The smallest absolute Gasteiger partial charge is 0.336 e. The summed E-state index contributed by atoms with van der Waals surface area (Å²) < 4.78 is 2.17. The highest BCUT2D eigenvalue weighted by Crippen LogP contribution is 2.31. The first kappa shape index (κ1) is 24.2. The van der Waals surface area contributed by atoms with Crippen LogP contribution in [0.5, 0.6) is 0 Å². The summed E-state index contributed by atoms with van der Waals surface area (Å²) in [4.78, 5) is 28.7. The summed E-state index contributed by atoms with van der Waals surface area (Å²) in [5, 5.41) is 12.6. The van der Waals surface area contributed by atoms with Crippen molar-refractivity contribution < 1.29 is 14.7 Å². The number of rotatable bonds is 9. The lowest BCUT2D eigenvalue weighted by Crippen LogP contribution is -2.10. The second-order valence-electron chi connectivity index (χ2n) is 8.82. The number of carboxylic acid groups (broad SMARTS) is 1. The number of carboxylic acids is 1. The molecule has 0 saturated heterocycles. The topological polar surface area (TPSA) is 84.2 Å². The summed E-state index contributed by atoms with van der Waals surface area (Å²) in [6.45, 7) is 6.15. The molecule has 0 bridgehead atoms. The standard InChI is InChI=1S/C29H31N3O3/c1-4-6-12-27-31-25-18-20(30-28(33)9-5-2)13-16-26(25)32(27)21-14-15-22(19(3)17-21)23-10-7-8-11-24(23)29(34)35/h7-8,10-11,13-18H,4-6,9,12H2,1-3H3,(H,30,33)(H,34,35). The fraction of sp³-hybridized carbons (Fsp3) is 0.276. The molecule has 0 aliphatic carbocycles. The Balaban J connectivity index is 1.78. The van der Waals surface area contributed by atoms with Crippen molar-refractivity contribution in [1.82, 2.24) is 9.55 Å². The number of hydrogen-bond acceptors (Lipinski definition) is 3. The van der Waals surface area contributed by atoms with Gasteiger partial charge in [0.1, 0.15) is 5.82 Å². The zero-order valence-corrected chi connectivity index (χ0v) is 20.5. The Labute approximate surface area is 205 Å². The number of carbonyl (C=O) groups excluding carboxylic acids is 1. The molecule has 0 atom stereocenters. The molecule has 1 amide bonds. The van der Waals surface area contributed by atoms with Crippen molar-refractivity contribution in [2.75, 3.05) is 5.32 Å². The summed E-state index contributed by atoms with van der Waals surface area (Å²) >= 11 is 0. The first-order valence-corrected chi connectivity index (χ1v) is 12.2. The molecule has 3 aromatic carbocycles. The maximum Gasteiger partial charge on any atom is 0.336 e. The second kappa shape index (κ2) is 10.6. The average Bonchev–Trinajstić information content (AvgIpc) is 3.20. The number of anilines is 1. The fourth-order valence-electron chi connectivity index (χ4n) is 4.44. The molecule has 2 N–H and O–H groups in total. The number of nitrogens with zero attached hydrogens (tertiary/aromatic N) is 2. The monoisotopic (exact) mass is 469 g/mol. The summed E-state index contributed by atoms with van der Waals surface area (Å²) in [6, 6.07) is 19.0. The maximum absolute atomic E-state index is 12.1. The van der Waals surface area contributed by atoms with E-state index < -0.39 is 5.97 Å². The summed E-state index contributed by atoms with van der Waals surface area (Å²) in [7, 11) is 0. The quantitative estimate of drug-likeness (QED) is 0.283. The van der Waals surface area contributed by atoms with Crippen LogP contribution in [-0.4, -0.2) is 26.5 Å². The van der Waals surface area contributed by atoms with Crippen molar-refractivity contribution in [2.24, 2.45) is 0 Å². The number of aromatic carboxylic acids is 1. The van der Waals surface area contributed by atoms with Crippen LogP contribution >= 0.6 is 0 Å². The Kier molecular flexibility index (Phi) is 7.30. The molecule has 0 radical (unpaired) electrons. The van der Waals surface area contributed by atoms with Gasteiger partial charge in [-0.05, 0) is 72.9 Å². The van der Waals surface area contributed by atoms with Crippen LogP contribution in [0.4, 0.5) is 5.69 Å². The number of aryl methyl sites for hydroxylation is 2. The molecule has 6 nitrogen and oxygen atoms in total. The van der Waals surface area contributed by atoms with Crippen LogP contribution in [0.3, 0.4) is 0 Å².